The van der Waals surface area contributed by atoms with Crippen LogP contribution < -0.4 is 5.73 Å². The zero-order chi connectivity index (χ0) is 17.2. The van der Waals surface area contributed by atoms with Crippen molar-refractivity contribution in [2.24, 2.45) is 11.8 Å². The van der Waals surface area contributed by atoms with Crippen LogP contribution in [0.15, 0.2) is 24.3 Å². The molecule has 8 nitrogen and oxygen atoms in total. The largest absolute Gasteiger partial charge is 0.381 e. The number of nitrogens with two attached hydrogens (primary N) is 1. The summed E-state index contributed by atoms with van der Waals surface area (Å²) in [5.74, 6) is 1.60. The van der Waals surface area contributed by atoms with Gasteiger partial charge in [-0.2, -0.15) is 4.68 Å². The molecule has 132 valence electrons. The third-order valence-corrected chi connectivity index (χ3v) is 5.29. The first-order valence-electron chi connectivity index (χ1n) is 8.73. The molecule has 2 N–H and O–H groups in total. The zero-order valence-electron chi connectivity index (χ0n) is 14.0. The highest BCUT2D eigenvalue weighted by molar-refractivity contribution is 5.94. The van der Waals surface area contributed by atoms with Crippen molar-refractivity contribution in [1.82, 2.24) is 25.1 Å². The summed E-state index contributed by atoms with van der Waals surface area (Å²) in [5, 5.41) is 11.1. The molecule has 1 atom stereocenters. The number of carbonyl (C=O) groups is 1. The summed E-state index contributed by atoms with van der Waals surface area (Å²) in [7, 11) is 0. The summed E-state index contributed by atoms with van der Waals surface area (Å²) in [6, 6.07) is 7.26. The molecule has 2 aliphatic rings. The van der Waals surface area contributed by atoms with E-state index in [-0.39, 0.29) is 11.9 Å². The second-order valence-electron chi connectivity index (χ2n) is 6.75. The van der Waals surface area contributed by atoms with E-state index in [1.165, 1.54) is 4.68 Å². The molecule has 3 heterocycles. The Labute approximate surface area is 145 Å². The third-order valence-electron chi connectivity index (χ3n) is 5.29. The molecule has 1 amide bonds. The van der Waals surface area contributed by atoms with Crippen LogP contribution in [-0.2, 0) is 4.74 Å². The lowest BCUT2D eigenvalue weighted by atomic mass is 9.84. The van der Waals surface area contributed by atoms with Gasteiger partial charge in [-0.3, -0.25) is 4.79 Å². The van der Waals surface area contributed by atoms with E-state index >= 15 is 0 Å². The van der Waals surface area contributed by atoms with Gasteiger partial charge in [-0.15, -0.1) is 0 Å². The molecule has 0 aliphatic carbocycles. The molecule has 25 heavy (non-hydrogen) atoms. The van der Waals surface area contributed by atoms with E-state index < -0.39 is 0 Å². The molecular formula is C17H22N6O2. The van der Waals surface area contributed by atoms with E-state index in [0.29, 0.717) is 23.1 Å². The summed E-state index contributed by atoms with van der Waals surface area (Å²) in [6.45, 7) is 3.37. The van der Waals surface area contributed by atoms with Crippen LogP contribution in [-0.4, -0.2) is 57.3 Å². The van der Waals surface area contributed by atoms with Crippen molar-refractivity contribution in [2.45, 2.75) is 19.3 Å². The van der Waals surface area contributed by atoms with Crippen LogP contribution in [0.4, 0.5) is 5.95 Å². The van der Waals surface area contributed by atoms with Gasteiger partial charge in [-0.05, 0) is 59.7 Å². The van der Waals surface area contributed by atoms with Gasteiger partial charge in [0.25, 0.3) is 5.91 Å². The average molecular weight is 342 g/mol. The van der Waals surface area contributed by atoms with Crippen LogP contribution in [0.2, 0.25) is 0 Å². The lowest BCUT2D eigenvalue weighted by Crippen LogP contribution is -2.40. The number of rotatable bonds is 3. The number of piperidine rings is 1. The first-order chi connectivity index (χ1) is 12.2. The highest BCUT2D eigenvalue weighted by atomic mass is 16.5. The number of aromatic nitrogens is 4. The predicted molar refractivity (Wildman–Crippen MR) is 91.1 cm³/mol. The normalized spacial score (nSPS) is 21.6. The first kappa shape index (κ1) is 16.0. The molecule has 0 radical (unpaired) electrons. The standard InChI is InChI=1S/C17H22N6O2/c18-17-19-20-21-23(17)15-3-1-2-13(10-15)16(24)22-7-4-12(5-8-22)14-6-9-25-11-14/h1-3,10,12,14H,4-9,11H2,(H2,18,19,21). The minimum atomic E-state index is 0.0506. The Morgan fingerprint density at radius 3 is 2.72 bits per heavy atom. The van der Waals surface area contributed by atoms with E-state index in [1.54, 1.807) is 6.07 Å². The predicted octanol–water partition coefficient (Wildman–Crippen LogP) is 1.13. The number of nitrogens with zero attached hydrogens (tertiary/aromatic N) is 5. The lowest BCUT2D eigenvalue weighted by Gasteiger charge is -2.34. The van der Waals surface area contributed by atoms with Crippen LogP contribution in [0.3, 0.4) is 0 Å². The molecule has 8 heteroatoms. The van der Waals surface area contributed by atoms with Crippen LogP contribution in [0.25, 0.3) is 5.69 Å². The fourth-order valence-corrected chi connectivity index (χ4v) is 3.83. The van der Waals surface area contributed by atoms with Crippen LogP contribution >= 0.6 is 0 Å². The molecular weight excluding hydrogens is 320 g/mol. The number of benzene rings is 1. The van der Waals surface area contributed by atoms with Crippen LogP contribution in [0.5, 0.6) is 0 Å². The quantitative estimate of drug-likeness (QED) is 0.898. The maximum Gasteiger partial charge on any atom is 0.253 e. The Kier molecular flexibility index (Phi) is 4.35. The van der Waals surface area contributed by atoms with Crippen molar-refractivity contribution in [2.75, 3.05) is 32.0 Å². The molecule has 2 aliphatic heterocycles. The SMILES string of the molecule is Nc1nnnn1-c1cccc(C(=O)N2CCC(C3CCOC3)CC2)c1. The van der Waals surface area contributed by atoms with Gasteiger partial charge < -0.3 is 15.4 Å². The summed E-state index contributed by atoms with van der Waals surface area (Å²) in [5.41, 5.74) is 7.06. The van der Waals surface area contributed by atoms with Crippen LogP contribution in [0.1, 0.15) is 29.6 Å². The molecule has 0 spiro atoms. The van der Waals surface area contributed by atoms with E-state index in [2.05, 4.69) is 15.5 Å². The van der Waals surface area contributed by atoms with Gasteiger partial charge in [0.2, 0.25) is 5.95 Å². The lowest BCUT2D eigenvalue weighted by molar-refractivity contribution is 0.0648. The number of ether oxygens (including phenoxy) is 1. The smallest absolute Gasteiger partial charge is 0.253 e. The van der Waals surface area contributed by atoms with E-state index in [4.69, 9.17) is 10.5 Å². The summed E-state index contributed by atoms with van der Waals surface area (Å²) >= 11 is 0. The number of tetrazole rings is 1. The number of nitrogen functional groups attached to an aromatic ring is 1. The molecule has 1 aromatic heterocycles. The number of hydrogen-bond donors (Lipinski definition) is 1. The minimum Gasteiger partial charge on any atom is -0.381 e. The summed E-state index contributed by atoms with van der Waals surface area (Å²) < 4.78 is 6.92. The minimum absolute atomic E-state index is 0.0506. The Hall–Kier alpha value is -2.48. The Bertz CT molecular complexity index is 747. The van der Waals surface area contributed by atoms with Gasteiger partial charge >= 0.3 is 0 Å². The molecule has 0 bridgehead atoms. The Morgan fingerprint density at radius 2 is 2.04 bits per heavy atom. The Balaban J connectivity index is 1.44. The van der Waals surface area contributed by atoms with Crippen LogP contribution in [0, 0.1) is 11.8 Å². The van der Waals surface area contributed by atoms with Gasteiger partial charge in [0.1, 0.15) is 0 Å². The highest BCUT2D eigenvalue weighted by Gasteiger charge is 2.30. The maximum atomic E-state index is 12.8. The average Bonchev–Trinajstić information content (AvgIpc) is 3.33. The van der Waals surface area contributed by atoms with Crippen molar-refractivity contribution in [3.8, 4) is 5.69 Å². The number of hydrogen-bond acceptors (Lipinski definition) is 6. The number of amides is 1. The number of carbonyl (C=O) groups excluding carboxylic acids is 1. The summed E-state index contributed by atoms with van der Waals surface area (Å²) in [6.07, 6.45) is 3.27. The van der Waals surface area contributed by atoms with E-state index in [9.17, 15) is 4.79 Å². The fraction of sp³-hybridized carbons (Fsp3) is 0.529. The molecule has 2 saturated heterocycles. The van der Waals surface area contributed by atoms with Gasteiger partial charge in [0.15, 0.2) is 0 Å². The maximum absolute atomic E-state index is 12.8. The Morgan fingerprint density at radius 1 is 1.20 bits per heavy atom. The molecule has 0 saturated carbocycles. The topological polar surface area (TPSA) is 99.2 Å². The highest BCUT2D eigenvalue weighted by Crippen LogP contribution is 2.31. The van der Waals surface area contributed by atoms with Gasteiger partial charge in [0.05, 0.1) is 5.69 Å². The van der Waals surface area contributed by atoms with Crippen molar-refractivity contribution in [3.63, 3.8) is 0 Å². The molecule has 2 aromatic rings. The van der Waals surface area contributed by atoms with E-state index in [1.807, 2.05) is 23.1 Å². The van der Waals surface area contributed by atoms with E-state index in [0.717, 1.165) is 45.6 Å². The monoisotopic (exact) mass is 342 g/mol. The fourth-order valence-electron chi connectivity index (χ4n) is 3.83. The van der Waals surface area contributed by atoms with Gasteiger partial charge in [-0.25, -0.2) is 0 Å². The number of anilines is 1. The first-order valence-corrected chi connectivity index (χ1v) is 8.73. The van der Waals surface area contributed by atoms with Crippen molar-refractivity contribution in [3.05, 3.63) is 29.8 Å². The van der Waals surface area contributed by atoms with Crippen molar-refractivity contribution in [1.29, 1.82) is 0 Å². The zero-order valence-corrected chi connectivity index (χ0v) is 14.0. The molecule has 1 unspecified atom stereocenters. The van der Waals surface area contributed by atoms with Crippen molar-refractivity contribution >= 4 is 11.9 Å². The van der Waals surface area contributed by atoms with Crippen molar-refractivity contribution < 1.29 is 9.53 Å². The molecule has 2 fully saturated rings. The molecule has 4 rings (SSSR count). The second kappa shape index (κ2) is 6.79. The summed E-state index contributed by atoms with van der Waals surface area (Å²) in [4.78, 5) is 14.8. The molecule has 1 aromatic carbocycles. The third kappa shape index (κ3) is 3.21. The van der Waals surface area contributed by atoms with Gasteiger partial charge in [-0.1, -0.05) is 11.2 Å². The number of likely N-dealkylation sites (tertiary alicyclic amines) is 1. The van der Waals surface area contributed by atoms with Gasteiger partial charge in [0, 0.05) is 31.9 Å². The second-order valence-corrected chi connectivity index (χ2v) is 6.75.